The van der Waals surface area contributed by atoms with E-state index in [9.17, 15) is 9.59 Å². The number of carbonyl (C=O) groups excluding carboxylic acids is 2. The van der Waals surface area contributed by atoms with Crippen LogP contribution < -0.4 is 5.01 Å². The first-order chi connectivity index (χ1) is 10.1. The number of para-hydroxylation sites is 1. The Kier molecular flexibility index (Phi) is 4.70. The number of hydrazine groups is 1. The Morgan fingerprint density at radius 1 is 1.10 bits per heavy atom. The summed E-state index contributed by atoms with van der Waals surface area (Å²) < 4.78 is 9.93. The average molecular weight is 311 g/mol. The van der Waals surface area contributed by atoms with Gasteiger partial charge < -0.3 is 9.47 Å². The van der Waals surface area contributed by atoms with E-state index in [1.54, 1.807) is 38.1 Å². The number of amides is 2. The highest BCUT2D eigenvalue weighted by Crippen LogP contribution is 2.36. The lowest BCUT2D eigenvalue weighted by Gasteiger charge is -2.34. The first kappa shape index (κ1) is 15.2. The lowest BCUT2D eigenvalue weighted by Crippen LogP contribution is -2.49. The van der Waals surface area contributed by atoms with Gasteiger partial charge in [-0.1, -0.05) is 29.8 Å². The molecule has 1 heterocycles. The molecule has 1 aliphatic heterocycles. The van der Waals surface area contributed by atoms with Gasteiger partial charge in [0.15, 0.2) is 0 Å². The Balaban J connectivity index is 2.47. The van der Waals surface area contributed by atoms with Crippen molar-refractivity contribution in [3.63, 3.8) is 0 Å². The lowest BCUT2D eigenvalue weighted by molar-refractivity contribution is 0.107. The Morgan fingerprint density at radius 2 is 1.71 bits per heavy atom. The fraction of sp³-hybridized carbons (Fsp3) is 0.286. The first-order valence-corrected chi connectivity index (χ1v) is 6.87. The summed E-state index contributed by atoms with van der Waals surface area (Å²) in [6.45, 7) is 3.73. The van der Waals surface area contributed by atoms with Gasteiger partial charge in [0, 0.05) is 5.56 Å². The maximum Gasteiger partial charge on any atom is 0.434 e. The van der Waals surface area contributed by atoms with Crippen LogP contribution in [0.1, 0.15) is 19.4 Å². The second-order valence-electron chi connectivity index (χ2n) is 4.05. The highest BCUT2D eigenvalue weighted by atomic mass is 35.5. The van der Waals surface area contributed by atoms with Crippen molar-refractivity contribution in [3.8, 4) is 0 Å². The van der Waals surface area contributed by atoms with Crippen molar-refractivity contribution in [2.24, 2.45) is 0 Å². The van der Waals surface area contributed by atoms with Crippen LogP contribution in [0.5, 0.6) is 0 Å². The van der Waals surface area contributed by atoms with Gasteiger partial charge in [-0.05, 0) is 19.9 Å². The van der Waals surface area contributed by atoms with Crippen LogP contribution >= 0.6 is 11.6 Å². The minimum atomic E-state index is -0.710. The quantitative estimate of drug-likeness (QED) is 0.838. The van der Waals surface area contributed by atoms with Crippen LogP contribution in [0.25, 0.3) is 5.03 Å². The lowest BCUT2D eigenvalue weighted by atomic mass is 10.1. The number of rotatable bonds is 2. The molecule has 0 bridgehead atoms. The third-order valence-electron chi connectivity index (χ3n) is 2.74. The molecule has 7 heteroatoms. The number of halogens is 1. The molecule has 0 spiro atoms. The van der Waals surface area contributed by atoms with Crippen LogP contribution in [0.15, 0.2) is 30.5 Å². The minimum Gasteiger partial charge on any atom is -0.448 e. The smallest absolute Gasteiger partial charge is 0.434 e. The summed E-state index contributed by atoms with van der Waals surface area (Å²) in [6, 6.07) is 6.96. The van der Waals surface area contributed by atoms with E-state index < -0.39 is 12.2 Å². The number of hydrogen-bond acceptors (Lipinski definition) is 4. The molecule has 6 nitrogen and oxygen atoms in total. The van der Waals surface area contributed by atoms with Gasteiger partial charge in [-0.15, -0.1) is 0 Å². The number of hydrogen-bond donors (Lipinski definition) is 0. The summed E-state index contributed by atoms with van der Waals surface area (Å²) in [5.41, 5.74) is 1.09. The van der Waals surface area contributed by atoms with Crippen molar-refractivity contribution in [1.82, 2.24) is 5.01 Å². The summed E-state index contributed by atoms with van der Waals surface area (Å²) in [5.74, 6) is 0. The van der Waals surface area contributed by atoms with Crippen molar-refractivity contribution < 1.29 is 19.1 Å². The highest BCUT2D eigenvalue weighted by Gasteiger charge is 2.34. The largest absolute Gasteiger partial charge is 0.448 e. The number of anilines is 1. The predicted molar refractivity (Wildman–Crippen MR) is 78.6 cm³/mol. The van der Waals surface area contributed by atoms with Crippen molar-refractivity contribution in [2.75, 3.05) is 18.2 Å². The van der Waals surface area contributed by atoms with Gasteiger partial charge in [0.1, 0.15) is 0 Å². The van der Waals surface area contributed by atoms with Gasteiger partial charge >= 0.3 is 12.2 Å². The number of carbonyl (C=O) groups is 2. The maximum absolute atomic E-state index is 12.2. The van der Waals surface area contributed by atoms with Gasteiger partial charge in [0.05, 0.1) is 30.1 Å². The van der Waals surface area contributed by atoms with Crippen LogP contribution in [-0.4, -0.2) is 30.4 Å². The van der Waals surface area contributed by atoms with Crippen molar-refractivity contribution >= 4 is 34.5 Å². The average Bonchev–Trinajstić information content (AvgIpc) is 2.47. The Labute approximate surface area is 127 Å². The summed E-state index contributed by atoms with van der Waals surface area (Å²) in [6.07, 6.45) is -0.0599. The van der Waals surface area contributed by atoms with E-state index in [4.69, 9.17) is 21.1 Å². The van der Waals surface area contributed by atoms with Crippen molar-refractivity contribution in [1.29, 1.82) is 0 Å². The van der Waals surface area contributed by atoms with E-state index in [2.05, 4.69) is 0 Å². The van der Waals surface area contributed by atoms with Gasteiger partial charge in [0.25, 0.3) is 0 Å². The molecule has 1 aromatic rings. The van der Waals surface area contributed by atoms with Crippen molar-refractivity contribution in [2.45, 2.75) is 13.8 Å². The van der Waals surface area contributed by atoms with E-state index in [1.165, 1.54) is 6.20 Å². The van der Waals surface area contributed by atoms with Gasteiger partial charge in [0.2, 0.25) is 0 Å². The normalized spacial score (nSPS) is 13.4. The number of ether oxygens (including phenoxy) is 2. The number of fused-ring (bicyclic) bond motifs is 1. The molecule has 0 radical (unpaired) electrons. The van der Waals surface area contributed by atoms with Crippen LogP contribution in [0.2, 0.25) is 0 Å². The third kappa shape index (κ3) is 2.95. The minimum absolute atomic E-state index is 0.180. The SMILES string of the molecule is CCOC(=O)N1C=C(Cl)c2ccccc2N1C(=O)OCC. The Morgan fingerprint density at radius 3 is 2.38 bits per heavy atom. The molecule has 1 aliphatic rings. The summed E-state index contributed by atoms with van der Waals surface area (Å²) >= 11 is 6.17. The molecule has 2 rings (SSSR count). The molecule has 0 saturated carbocycles. The first-order valence-electron chi connectivity index (χ1n) is 6.49. The standard InChI is InChI=1S/C14H15ClN2O4/c1-3-20-13(18)16-9-11(15)10-7-5-6-8-12(10)17(16)14(19)21-4-2/h5-9H,3-4H2,1-2H3. The number of benzene rings is 1. The molecular weight excluding hydrogens is 296 g/mol. The molecule has 2 amide bonds. The fourth-order valence-corrected chi connectivity index (χ4v) is 2.16. The Bertz CT molecular complexity index is 588. The predicted octanol–water partition coefficient (Wildman–Crippen LogP) is 3.57. The zero-order valence-corrected chi connectivity index (χ0v) is 12.5. The molecule has 21 heavy (non-hydrogen) atoms. The monoisotopic (exact) mass is 310 g/mol. The van der Waals surface area contributed by atoms with E-state index in [0.717, 1.165) is 10.0 Å². The van der Waals surface area contributed by atoms with Crippen LogP contribution in [0.3, 0.4) is 0 Å². The second kappa shape index (κ2) is 6.49. The van der Waals surface area contributed by atoms with E-state index in [1.807, 2.05) is 0 Å². The number of nitrogens with zero attached hydrogens (tertiary/aromatic N) is 2. The van der Waals surface area contributed by atoms with Gasteiger partial charge in [-0.25, -0.2) is 9.59 Å². The molecule has 0 atom stereocenters. The van der Waals surface area contributed by atoms with Gasteiger partial charge in [-0.3, -0.25) is 0 Å². The fourth-order valence-electron chi connectivity index (χ4n) is 1.91. The van der Waals surface area contributed by atoms with Crippen LogP contribution in [-0.2, 0) is 9.47 Å². The zero-order valence-electron chi connectivity index (χ0n) is 11.7. The van der Waals surface area contributed by atoms with Gasteiger partial charge in [-0.2, -0.15) is 10.0 Å². The second-order valence-corrected chi connectivity index (χ2v) is 4.46. The molecule has 0 fully saturated rings. The third-order valence-corrected chi connectivity index (χ3v) is 3.04. The molecule has 112 valence electrons. The summed E-state index contributed by atoms with van der Waals surface area (Å²) in [7, 11) is 0. The maximum atomic E-state index is 12.2. The Hall–Kier alpha value is -2.21. The van der Waals surface area contributed by atoms with Crippen LogP contribution in [0.4, 0.5) is 15.3 Å². The van der Waals surface area contributed by atoms with E-state index in [-0.39, 0.29) is 13.2 Å². The zero-order chi connectivity index (χ0) is 15.4. The van der Waals surface area contributed by atoms with Crippen molar-refractivity contribution in [3.05, 3.63) is 36.0 Å². The highest BCUT2D eigenvalue weighted by molar-refractivity contribution is 6.49. The van der Waals surface area contributed by atoms with Crippen LogP contribution in [0, 0.1) is 0 Å². The molecule has 0 aliphatic carbocycles. The topological polar surface area (TPSA) is 59.1 Å². The summed E-state index contributed by atoms with van der Waals surface area (Å²) in [5, 5.41) is 2.44. The summed E-state index contributed by atoms with van der Waals surface area (Å²) in [4.78, 5) is 24.2. The molecule has 0 unspecified atom stereocenters. The molecule has 1 aromatic carbocycles. The van der Waals surface area contributed by atoms with E-state index in [0.29, 0.717) is 16.3 Å². The molecule has 0 N–H and O–H groups in total. The molecule has 0 aromatic heterocycles. The van der Waals surface area contributed by atoms with E-state index >= 15 is 0 Å². The molecule has 0 saturated heterocycles. The molecular formula is C14H15ClN2O4.